The quantitative estimate of drug-likeness (QED) is 0.816. The molecule has 0 saturated heterocycles. The summed E-state index contributed by atoms with van der Waals surface area (Å²) in [7, 11) is 0. The Morgan fingerprint density at radius 3 is 2.80 bits per heavy atom. The Labute approximate surface area is 149 Å². The lowest BCUT2D eigenvalue weighted by molar-refractivity contribution is -0.149. The molecule has 3 rings (SSSR count). The zero-order chi connectivity index (χ0) is 18.0. The van der Waals surface area contributed by atoms with Gasteiger partial charge in [0.25, 0.3) is 11.5 Å². The molecule has 1 fully saturated rings. The first-order valence-electron chi connectivity index (χ1n) is 8.36. The second kappa shape index (κ2) is 7.35. The van der Waals surface area contributed by atoms with Crippen molar-refractivity contribution in [1.29, 1.82) is 0 Å². The number of fused-ring (bicyclic) bond motifs is 1. The molecule has 1 aliphatic carbocycles. The van der Waals surface area contributed by atoms with Crippen LogP contribution in [-0.2, 0) is 20.9 Å². The van der Waals surface area contributed by atoms with Crippen molar-refractivity contribution in [2.75, 3.05) is 6.61 Å². The Morgan fingerprint density at radius 1 is 1.36 bits per heavy atom. The molecule has 8 heteroatoms. The van der Waals surface area contributed by atoms with Crippen molar-refractivity contribution in [3.05, 3.63) is 27.1 Å². The highest BCUT2D eigenvalue weighted by Gasteiger charge is 2.18. The minimum absolute atomic E-state index is 0.185. The first-order chi connectivity index (χ1) is 12.0. The molecule has 2 aromatic rings. The van der Waals surface area contributed by atoms with Gasteiger partial charge in [0.05, 0.1) is 11.7 Å². The van der Waals surface area contributed by atoms with E-state index in [0.717, 1.165) is 36.1 Å². The molecule has 0 aliphatic heterocycles. The van der Waals surface area contributed by atoms with E-state index in [4.69, 9.17) is 4.74 Å². The summed E-state index contributed by atoms with van der Waals surface area (Å²) in [5, 5.41) is 3.39. The van der Waals surface area contributed by atoms with Crippen LogP contribution in [0.3, 0.4) is 0 Å². The Balaban J connectivity index is 1.60. The largest absolute Gasteiger partial charge is 0.454 e. The van der Waals surface area contributed by atoms with Crippen molar-refractivity contribution in [2.45, 2.75) is 52.1 Å². The topological polar surface area (TPSA) is 90.3 Å². The highest BCUT2D eigenvalue weighted by Crippen LogP contribution is 2.25. The van der Waals surface area contributed by atoms with Crippen LogP contribution >= 0.6 is 11.3 Å². The van der Waals surface area contributed by atoms with Gasteiger partial charge in [-0.15, -0.1) is 11.3 Å². The second-order valence-electron chi connectivity index (χ2n) is 6.35. The number of nitrogens with one attached hydrogen (secondary N) is 1. The van der Waals surface area contributed by atoms with Gasteiger partial charge in [0.15, 0.2) is 6.61 Å². The van der Waals surface area contributed by atoms with E-state index in [2.05, 4.69) is 10.3 Å². The maximum absolute atomic E-state index is 12.5. The summed E-state index contributed by atoms with van der Waals surface area (Å²) in [6.45, 7) is 3.22. The SMILES string of the molecule is Cc1sc2ncn(CC(=O)OCC(=O)NC3CCCC3)c(=O)c2c1C. The summed E-state index contributed by atoms with van der Waals surface area (Å²) in [6.07, 6.45) is 5.52. The van der Waals surface area contributed by atoms with Gasteiger partial charge in [-0.2, -0.15) is 0 Å². The molecule has 2 aromatic heterocycles. The molecule has 1 saturated carbocycles. The highest BCUT2D eigenvalue weighted by atomic mass is 32.1. The van der Waals surface area contributed by atoms with Crippen LogP contribution in [-0.4, -0.2) is 34.1 Å². The number of nitrogens with zero attached hydrogens (tertiary/aromatic N) is 2. The van der Waals surface area contributed by atoms with E-state index in [-0.39, 0.29) is 30.7 Å². The van der Waals surface area contributed by atoms with Gasteiger partial charge in [-0.05, 0) is 32.3 Å². The van der Waals surface area contributed by atoms with Crippen LogP contribution in [0.25, 0.3) is 10.2 Å². The predicted molar refractivity (Wildman–Crippen MR) is 94.7 cm³/mol. The normalized spacial score (nSPS) is 14.8. The Morgan fingerprint density at radius 2 is 2.08 bits per heavy atom. The summed E-state index contributed by atoms with van der Waals surface area (Å²) in [5.74, 6) is -0.931. The fourth-order valence-corrected chi connectivity index (χ4v) is 4.04. The van der Waals surface area contributed by atoms with Crippen LogP contribution in [0, 0.1) is 13.8 Å². The molecule has 0 bridgehead atoms. The van der Waals surface area contributed by atoms with Crippen LogP contribution < -0.4 is 10.9 Å². The van der Waals surface area contributed by atoms with Crippen molar-refractivity contribution in [3.8, 4) is 0 Å². The van der Waals surface area contributed by atoms with E-state index in [1.54, 1.807) is 0 Å². The van der Waals surface area contributed by atoms with Gasteiger partial charge >= 0.3 is 5.97 Å². The zero-order valence-electron chi connectivity index (χ0n) is 14.3. The van der Waals surface area contributed by atoms with Gasteiger partial charge < -0.3 is 10.1 Å². The third-order valence-corrected chi connectivity index (χ3v) is 5.66. The number of thiophene rings is 1. The molecule has 25 heavy (non-hydrogen) atoms. The Hall–Kier alpha value is -2.22. The molecule has 0 spiro atoms. The first-order valence-corrected chi connectivity index (χ1v) is 9.17. The van der Waals surface area contributed by atoms with Crippen LogP contribution in [0.15, 0.2) is 11.1 Å². The minimum atomic E-state index is -0.630. The lowest BCUT2D eigenvalue weighted by atomic mass is 10.2. The number of hydrogen-bond donors (Lipinski definition) is 1. The van der Waals surface area contributed by atoms with E-state index in [1.807, 2.05) is 13.8 Å². The molecule has 0 radical (unpaired) electrons. The molecule has 2 heterocycles. The van der Waals surface area contributed by atoms with Crippen molar-refractivity contribution in [3.63, 3.8) is 0 Å². The van der Waals surface area contributed by atoms with E-state index in [9.17, 15) is 14.4 Å². The van der Waals surface area contributed by atoms with E-state index in [1.165, 1.54) is 22.2 Å². The Bertz CT molecular complexity index is 865. The molecule has 0 aromatic carbocycles. The molecular weight excluding hydrogens is 342 g/mol. The number of carbonyl (C=O) groups is 2. The molecular formula is C17H21N3O4S. The van der Waals surface area contributed by atoms with Crippen molar-refractivity contribution >= 4 is 33.4 Å². The average molecular weight is 363 g/mol. The summed E-state index contributed by atoms with van der Waals surface area (Å²) in [5.41, 5.74) is 0.621. The van der Waals surface area contributed by atoms with Gasteiger partial charge in [-0.3, -0.25) is 19.0 Å². The van der Waals surface area contributed by atoms with Gasteiger partial charge in [0.1, 0.15) is 11.4 Å². The van der Waals surface area contributed by atoms with E-state index < -0.39 is 5.97 Å². The first kappa shape index (κ1) is 17.6. The van der Waals surface area contributed by atoms with E-state index in [0.29, 0.717) is 10.2 Å². The monoisotopic (exact) mass is 363 g/mol. The molecule has 7 nitrogen and oxygen atoms in total. The molecule has 1 aliphatic rings. The van der Waals surface area contributed by atoms with Crippen LogP contribution in [0.5, 0.6) is 0 Å². The molecule has 0 unspecified atom stereocenters. The highest BCUT2D eigenvalue weighted by molar-refractivity contribution is 7.18. The van der Waals surface area contributed by atoms with Crippen molar-refractivity contribution in [2.24, 2.45) is 0 Å². The third-order valence-electron chi connectivity index (χ3n) is 4.54. The molecule has 134 valence electrons. The fraction of sp³-hybridized carbons (Fsp3) is 0.529. The van der Waals surface area contributed by atoms with E-state index >= 15 is 0 Å². The summed E-state index contributed by atoms with van der Waals surface area (Å²) in [4.78, 5) is 42.2. The summed E-state index contributed by atoms with van der Waals surface area (Å²) < 4.78 is 6.21. The van der Waals surface area contributed by atoms with Crippen LogP contribution in [0.1, 0.15) is 36.1 Å². The molecule has 1 N–H and O–H groups in total. The van der Waals surface area contributed by atoms with Gasteiger partial charge in [0.2, 0.25) is 0 Å². The van der Waals surface area contributed by atoms with Gasteiger partial charge in [-0.1, -0.05) is 12.8 Å². The fourth-order valence-electron chi connectivity index (χ4n) is 3.05. The molecule has 0 atom stereocenters. The maximum atomic E-state index is 12.5. The number of hydrogen-bond acceptors (Lipinski definition) is 6. The summed E-state index contributed by atoms with van der Waals surface area (Å²) >= 11 is 1.46. The average Bonchev–Trinajstić information content (AvgIpc) is 3.17. The van der Waals surface area contributed by atoms with Crippen molar-refractivity contribution < 1.29 is 14.3 Å². The van der Waals surface area contributed by atoms with Gasteiger partial charge in [-0.25, -0.2) is 4.98 Å². The number of amides is 1. The lowest BCUT2D eigenvalue weighted by Crippen LogP contribution is -2.36. The smallest absolute Gasteiger partial charge is 0.326 e. The number of carbonyl (C=O) groups excluding carboxylic acids is 2. The number of aromatic nitrogens is 2. The number of aryl methyl sites for hydroxylation is 2. The van der Waals surface area contributed by atoms with Crippen LogP contribution in [0.2, 0.25) is 0 Å². The van der Waals surface area contributed by atoms with Crippen LogP contribution in [0.4, 0.5) is 0 Å². The molecule has 1 amide bonds. The number of ether oxygens (including phenoxy) is 1. The Kier molecular flexibility index (Phi) is 5.17. The standard InChI is InChI=1S/C17H21N3O4S/c1-10-11(2)25-16-15(10)17(23)20(9-18-16)7-14(22)24-8-13(21)19-12-5-3-4-6-12/h9,12H,3-8H2,1-2H3,(H,19,21). The predicted octanol–water partition coefficient (Wildman–Crippen LogP) is 1.68. The zero-order valence-corrected chi connectivity index (χ0v) is 15.1. The lowest BCUT2D eigenvalue weighted by Gasteiger charge is -2.12. The number of rotatable bonds is 5. The second-order valence-corrected chi connectivity index (χ2v) is 7.55. The van der Waals surface area contributed by atoms with Crippen molar-refractivity contribution in [1.82, 2.24) is 14.9 Å². The maximum Gasteiger partial charge on any atom is 0.326 e. The minimum Gasteiger partial charge on any atom is -0.454 e. The van der Waals surface area contributed by atoms with Gasteiger partial charge in [0, 0.05) is 10.9 Å². The number of esters is 1. The summed E-state index contributed by atoms with van der Waals surface area (Å²) in [6, 6.07) is 0.185. The third kappa shape index (κ3) is 3.89.